The Morgan fingerprint density at radius 1 is 1.29 bits per heavy atom. The average Bonchev–Trinajstić information content (AvgIpc) is 3.09. The highest BCUT2D eigenvalue weighted by Gasteiger charge is 2.29. The Bertz CT molecular complexity index is 514. The average molecular weight is 332 g/mol. The van der Waals surface area contributed by atoms with Gasteiger partial charge in [0.1, 0.15) is 5.75 Å². The van der Waals surface area contributed by atoms with Gasteiger partial charge < -0.3 is 15.0 Å². The number of piperidine rings is 1. The molecule has 134 valence electrons. The van der Waals surface area contributed by atoms with Crippen LogP contribution in [0, 0.1) is 5.92 Å². The fourth-order valence-corrected chi connectivity index (χ4v) is 3.85. The zero-order chi connectivity index (χ0) is 16.9. The third-order valence-electron chi connectivity index (χ3n) is 5.47. The molecule has 2 fully saturated rings. The Hall–Kier alpha value is -1.14. The van der Waals surface area contributed by atoms with Crippen LogP contribution in [0.5, 0.6) is 5.75 Å². The van der Waals surface area contributed by atoms with E-state index >= 15 is 0 Å². The lowest BCUT2D eigenvalue weighted by Gasteiger charge is -2.35. The van der Waals surface area contributed by atoms with E-state index in [1.54, 1.807) is 7.11 Å². The molecular formula is C19H32N4O. The Balaban J connectivity index is 1.51. The molecular weight excluding hydrogens is 300 g/mol. The fraction of sp³-hybridized carbons (Fsp3) is 0.684. The second kappa shape index (κ2) is 8.30. The lowest BCUT2D eigenvalue weighted by Crippen LogP contribution is -2.46. The maximum Gasteiger partial charge on any atom is 0.119 e. The number of nitrogens with one attached hydrogen (secondary N) is 3. The van der Waals surface area contributed by atoms with E-state index in [1.165, 1.54) is 31.5 Å². The second-order valence-electron chi connectivity index (χ2n) is 7.35. The Morgan fingerprint density at radius 2 is 2.08 bits per heavy atom. The molecule has 2 heterocycles. The van der Waals surface area contributed by atoms with Crippen molar-refractivity contribution in [2.75, 3.05) is 33.3 Å². The normalized spacial score (nSPS) is 26.2. The van der Waals surface area contributed by atoms with Crippen molar-refractivity contribution >= 4 is 0 Å². The molecule has 0 bridgehead atoms. The molecule has 0 aromatic heterocycles. The first kappa shape index (κ1) is 17.7. The van der Waals surface area contributed by atoms with E-state index in [0.717, 1.165) is 18.8 Å². The quantitative estimate of drug-likeness (QED) is 0.743. The van der Waals surface area contributed by atoms with Crippen LogP contribution in [-0.4, -0.2) is 50.3 Å². The zero-order valence-corrected chi connectivity index (χ0v) is 15.2. The largest absolute Gasteiger partial charge is 0.497 e. The number of hydrazine groups is 1. The summed E-state index contributed by atoms with van der Waals surface area (Å²) in [7, 11) is 1.72. The molecule has 2 aliphatic heterocycles. The zero-order valence-electron chi connectivity index (χ0n) is 15.2. The number of rotatable bonds is 6. The fourth-order valence-electron chi connectivity index (χ4n) is 3.85. The molecule has 2 saturated heterocycles. The molecule has 0 aliphatic carbocycles. The van der Waals surface area contributed by atoms with Gasteiger partial charge in [0, 0.05) is 31.1 Å². The molecule has 2 unspecified atom stereocenters. The van der Waals surface area contributed by atoms with E-state index in [1.807, 2.05) is 6.07 Å². The van der Waals surface area contributed by atoms with Crippen LogP contribution in [0.4, 0.5) is 0 Å². The first-order valence-corrected chi connectivity index (χ1v) is 9.27. The minimum Gasteiger partial charge on any atom is -0.497 e. The van der Waals surface area contributed by atoms with E-state index in [0.29, 0.717) is 24.0 Å². The highest BCUT2D eigenvalue weighted by molar-refractivity contribution is 5.31. The maximum atomic E-state index is 5.37. The Labute approximate surface area is 146 Å². The maximum absolute atomic E-state index is 5.37. The molecule has 0 radical (unpaired) electrons. The van der Waals surface area contributed by atoms with Crippen LogP contribution in [0.3, 0.4) is 0 Å². The van der Waals surface area contributed by atoms with Gasteiger partial charge in [0.25, 0.3) is 0 Å². The van der Waals surface area contributed by atoms with Gasteiger partial charge in [-0.2, -0.15) is 0 Å². The molecule has 24 heavy (non-hydrogen) atoms. The highest BCUT2D eigenvalue weighted by atomic mass is 16.5. The summed E-state index contributed by atoms with van der Waals surface area (Å²) in [5.74, 6) is 1.48. The molecule has 2 aliphatic rings. The van der Waals surface area contributed by atoms with Crippen molar-refractivity contribution in [2.45, 2.75) is 44.8 Å². The molecule has 0 saturated carbocycles. The first-order chi connectivity index (χ1) is 11.7. The summed E-state index contributed by atoms with van der Waals surface area (Å²) < 4.78 is 5.37. The van der Waals surface area contributed by atoms with E-state index in [-0.39, 0.29) is 0 Å². The van der Waals surface area contributed by atoms with Gasteiger partial charge >= 0.3 is 0 Å². The molecule has 5 heteroatoms. The molecule has 3 rings (SSSR count). The summed E-state index contributed by atoms with van der Waals surface area (Å²) >= 11 is 0. The van der Waals surface area contributed by atoms with Crippen molar-refractivity contribution in [2.24, 2.45) is 5.92 Å². The van der Waals surface area contributed by atoms with Gasteiger partial charge in [-0.1, -0.05) is 12.1 Å². The van der Waals surface area contributed by atoms with Crippen molar-refractivity contribution in [1.82, 2.24) is 21.1 Å². The Kier molecular flexibility index (Phi) is 6.11. The van der Waals surface area contributed by atoms with Crippen molar-refractivity contribution in [3.05, 3.63) is 29.8 Å². The van der Waals surface area contributed by atoms with Crippen LogP contribution in [0.1, 0.15) is 38.3 Å². The van der Waals surface area contributed by atoms with E-state index in [2.05, 4.69) is 53.1 Å². The van der Waals surface area contributed by atoms with Crippen LogP contribution in [0.15, 0.2) is 24.3 Å². The number of likely N-dealkylation sites (tertiary alicyclic amines) is 1. The van der Waals surface area contributed by atoms with Crippen LogP contribution >= 0.6 is 0 Å². The summed E-state index contributed by atoms with van der Waals surface area (Å²) in [6, 6.07) is 10.1. The first-order valence-electron chi connectivity index (χ1n) is 9.27. The molecule has 1 aromatic rings. The van der Waals surface area contributed by atoms with Gasteiger partial charge in [-0.3, -0.25) is 5.43 Å². The van der Waals surface area contributed by atoms with Crippen molar-refractivity contribution < 1.29 is 4.74 Å². The summed E-state index contributed by atoms with van der Waals surface area (Å²) in [4.78, 5) is 2.58. The van der Waals surface area contributed by atoms with Crippen LogP contribution < -0.4 is 20.9 Å². The molecule has 0 amide bonds. The predicted molar refractivity (Wildman–Crippen MR) is 98.1 cm³/mol. The van der Waals surface area contributed by atoms with Crippen molar-refractivity contribution in [3.8, 4) is 5.75 Å². The minimum atomic E-state index is 0.336. The van der Waals surface area contributed by atoms with Gasteiger partial charge in [-0.25, -0.2) is 5.43 Å². The van der Waals surface area contributed by atoms with E-state index in [4.69, 9.17) is 4.74 Å². The van der Waals surface area contributed by atoms with Gasteiger partial charge in [0.05, 0.1) is 13.2 Å². The molecule has 1 aromatic carbocycles. The summed E-state index contributed by atoms with van der Waals surface area (Å²) in [5, 5.41) is 3.81. The number of nitrogens with zero attached hydrogens (tertiary/aromatic N) is 1. The Morgan fingerprint density at radius 3 is 2.79 bits per heavy atom. The standard InChI is InChI=1S/C19H32N4O/c1-14(2)23-9-7-17(8-10-23)20-12-16-13-21-22-19(16)15-5-4-6-18(11-15)24-3/h4-6,11,14,16-17,19-22H,7-10,12-13H2,1-3H3. The summed E-state index contributed by atoms with van der Waals surface area (Å²) in [6.45, 7) is 9.07. The smallest absolute Gasteiger partial charge is 0.119 e. The number of ether oxygens (including phenoxy) is 1. The number of benzene rings is 1. The van der Waals surface area contributed by atoms with Gasteiger partial charge in [-0.05, 0) is 57.5 Å². The summed E-state index contributed by atoms with van der Waals surface area (Å²) in [6.07, 6.45) is 2.52. The minimum absolute atomic E-state index is 0.336. The lowest BCUT2D eigenvalue weighted by molar-refractivity contribution is 0.159. The lowest BCUT2D eigenvalue weighted by atomic mass is 9.94. The number of methoxy groups -OCH3 is 1. The monoisotopic (exact) mass is 332 g/mol. The van der Waals surface area contributed by atoms with Gasteiger partial charge in [-0.15, -0.1) is 0 Å². The van der Waals surface area contributed by atoms with Gasteiger partial charge in [0.15, 0.2) is 0 Å². The van der Waals surface area contributed by atoms with E-state index in [9.17, 15) is 0 Å². The van der Waals surface area contributed by atoms with Crippen LogP contribution in [0.25, 0.3) is 0 Å². The molecule has 2 atom stereocenters. The number of hydrogen-bond acceptors (Lipinski definition) is 5. The third-order valence-corrected chi connectivity index (χ3v) is 5.47. The highest BCUT2D eigenvalue weighted by Crippen LogP contribution is 2.27. The summed E-state index contributed by atoms with van der Waals surface area (Å²) in [5.41, 5.74) is 8.05. The topological polar surface area (TPSA) is 48.6 Å². The van der Waals surface area contributed by atoms with Crippen LogP contribution in [-0.2, 0) is 0 Å². The van der Waals surface area contributed by atoms with Crippen LogP contribution in [0.2, 0.25) is 0 Å². The molecule has 5 nitrogen and oxygen atoms in total. The van der Waals surface area contributed by atoms with Crippen molar-refractivity contribution in [3.63, 3.8) is 0 Å². The predicted octanol–water partition coefficient (Wildman–Crippen LogP) is 1.92. The SMILES string of the molecule is COc1cccc(C2NNCC2CNC2CCN(C(C)C)CC2)c1. The van der Waals surface area contributed by atoms with E-state index < -0.39 is 0 Å². The molecule has 3 N–H and O–H groups in total. The van der Waals surface area contributed by atoms with Gasteiger partial charge in [0.2, 0.25) is 0 Å². The van der Waals surface area contributed by atoms with Crippen molar-refractivity contribution in [1.29, 1.82) is 0 Å². The molecule has 0 spiro atoms. The third kappa shape index (κ3) is 4.28. The number of hydrogen-bond donors (Lipinski definition) is 3. The second-order valence-corrected chi connectivity index (χ2v) is 7.35.